The first-order valence-electron chi connectivity index (χ1n) is 8.40. The van der Waals surface area contributed by atoms with Gasteiger partial charge in [-0.15, -0.1) is 0 Å². The predicted molar refractivity (Wildman–Crippen MR) is 103 cm³/mol. The number of rotatable bonds is 4. The smallest absolute Gasteiger partial charge is 0.343 e. The Labute approximate surface area is 168 Å². The molecule has 0 bridgehead atoms. The summed E-state index contributed by atoms with van der Waals surface area (Å²) in [5.41, 5.74) is 2.26. The topological polar surface area (TPSA) is 81.5 Å². The number of esters is 1. The number of benzene rings is 2. The van der Waals surface area contributed by atoms with E-state index in [0.29, 0.717) is 16.8 Å². The normalized spacial score (nSPS) is 13.0. The van der Waals surface area contributed by atoms with Gasteiger partial charge in [-0.2, -0.15) is 5.10 Å². The maximum atomic E-state index is 12.5. The lowest BCUT2D eigenvalue weighted by molar-refractivity contribution is 0.0227. The first-order valence-corrected chi connectivity index (χ1v) is 9.19. The summed E-state index contributed by atoms with van der Waals surface area (Å²) in [4.78, 5) is 38.1. The second kappa shape index (κ2) is 7.05. The minimum absolute atomic E-state index is 0.263. The lowest BCUT2D eigenvalue weighted by atomic mass is 10.1. The van der Waals surface area contributed by atoms with Crippen LogP contribution in [0.4, 0.5) is 0 Å². The first kappa shape index (κ1) is 18.1. The van der Waals surface area contributed by atoms with Crippen LogP contribution in [0, 0.1) is 6.92 Å². The van der Waals surface area contributed by atoms with E-state index in [1.165, 1.54) is 6.20 Å². The van der Waals surface area contributed by atoms with Crippen LogP contribution >= 0.6 is 15.9 Å². The molecule has 7 nitrogen and oxygen atoms in total. The third kappa shape index (κ3) is 3.01. The van der Waals surface area contributed by atoms with Crippen LogP contribution < -0.4 is 0 Å². The number of amides is 2. The second-order valence-electron chi connectivity index (χ2n) is 6.18. The van der Waals surface area contributed by atoms with Crippen molar-refractivity contribution in [1.29, 1.82) is 0 Å². The minimum Gasteiger partial charge on any atom is -0.440 e. The van der Waals surface area contributed by atoms with E-state index in [0.717, 1.165) is 15.1 Å². The van der Waals surface area contributed by atoms with Crippen molar-refractivity contribution in [3.63, 3.8) is 0 Å². The van der Waals surface area contributed by atoms with Gasteiger partial charge in [0.25, 0.3) is 11.8 Å². The maximum Gasteiger partial charge on any atom is 0.343 e. The summed E-state index contributed by atoms with van der Waals surface area (Å²) in [5, 5.41) is 4.23. The molecule has 140 valence electrons. The van der Waals surface area contributed by atoms with Crippen molar-refractivity contribution in [2.24, 2.45) is 0 Å². The van der Waals surface area contributed by atoms with Gasteiger partial charge in [0, 0.05) is 4.47 Å². The van der Waals surface area contributed by atoms with Crippen molar-refractivity contribution in [3.8, 4) is 5.69 Å². The van der Waals surface area contributed by atoms with Gasteiger partial charge in [0.1, 0.15) is 5.56 Å². The zero-order valence-corrected chi connectivity index (χ0v) is 16.3. The number of carbonyl (C=O) groups excluding carboxylic acids is 3. The van der Waals surface area contributed by atoms with Crippen LogP contribution in [0.2, 0.25) is 0 Å². The number of hydrogen-bond donors (Lipinski definition) is 0. The van der Waals surface area contributed by atoms with Gasteiger partial charge in [0.15, 0.2) is 6.73 Å². The molecular formula is C20H14BrN3O4. The van der Waals surface area contributed by atoms with Gasteiger partial charge >= 0.3 is 5.97 Å². The summed E-state index contributed by atoms with van der Waals surface area (Å²) < 4.78 is 7.77. The maximum absolute atomic E-state index is 12.5. The molecule has 1 aliphatic heterocycles. The van der Waals surface area contributed by atoms with Crippen LogP contribution in [0.3, 0.4) is 0 Å². The molecule has 2 heterocycles. The average Bonchev–Trinajstić information content (AvgIpc) is 3.19. The number of ether oxygens (including phenoxy) is 1. The lowest BCUT2D eigenvalue weighted by Gasteiger charge is -2.13. The monoisotopic (exact) mass is 439 g/mol. The Morgan fingerprint density at radius 2 is 1.64 bits per heavy atom. The summed E-state index contributed by atoms with van der Waals surface area (Å²) in [6.07, 6.45) is 1.40. The summed E-state index contributed by atoms with van der Waals surface area (Å²) in [6.45, 7) is 1.29. The van der Waals surface area contributed by atoms with E-state index in [4.69, 9.17) is 4.74 Å². The number of halogens is 1. The fraction of sp³-hybridized carbons (Fsp3) is 0.100. The summed E-state index contributed by atoms with van der Waals surface area (Å²) >= 11 is 3.37. The van der Waals surface area contributed by atoms with Gasteiger partial charge in [0.05, 0.1) is 28.7 Å². The van der Waals surface area contributed by atoms with Gasteiger partial charge < -0.3 is 4.74 Å². The van der Waals surface area contributed by atoms with Crippen LogP contribution in [-0.2, 0) is 4.74 Å². The van der Waals surface area contributed by atoms with Crippen LogP contribution in [-0.4, -0.2) is 39.2 Å². The van der Waals surface area contributed by atoms with Crippen LogP contribution in [0.25, 0.3) is 5.69 Å². The molecule has 0 unspecified atom stereocenters. The molecular weight excluding hydrogens is 426 g/mol. The van der Waals surface area contributed by atoms with Gasteiger partial charge in [0.2, 0.25) is 0 Å². The fourth-order valence-corrected chi connectivity index (χ4v) is 3.27. The molecule has 0 N–H and O–H groups in total. The Morgan fingerprint density at radius 1 is 1.04 bits per heavy atom. The molecule has 0 atom stereocenters. The van der Waals surface area contributed by atoms with E-state index in [1.807, 2.05) is 24.3 Å². The zero-order valence-electron chi connectivity index (χ0n) is 14.8. The predicted octanol–water partition coefficient (Wildman–Crippen LogP) is 3.35. The third-order valence-corrected chi connectivity index (χ3v) is 5.03. The van der Waals surface area contributed by atoms with E-state index in [9.17, 15) is 14.4 Å². The third-order valence-electron chi connectivity index (χ3n) is 4.50. The van der Waals surface area contributed by atoms with E-state index in [1.54, 1.807) is 35.9 Å². The highest BCUT2D eigenvalue weighted by molar-refractivity contribution is 9.10. The number of aromatic nitrogens is 2. The van der Waals surface area contributed by atoms with Gasteiger partial charge in [-0.3, -0.25) is 9.59 Å². The molecule has 2 amide bonds. The molecule has 0 radical (unpaired) electrons. The summed E-state index contributed by atoms with van der Waals surface area (Å²) in [6, 6.07) is 14.0. The van der Waals surface area contributed by atoms with Gasteiger partial charge in [-0.1, -0.05) is 28.1 Å². The SMILES string of the molecule is Cc1c(C(=O)OCN2C(=O)c3ccccc3C2=O)cnn1-c1ccc(Br)cc1. The standard InChI is InChI=1S/C20H14BrN3O4/c1-12-17(10-22-24(12)14-8-6-13(21)7-9-14)20(27)28-11-23-18(25)15-4-2-3-5-16(15)19(23)26/h2-10H,11H2,1H3. The van der Waals surface area contributed by atoms with Crippen molar-refractivity contribution < 1.29 is 19.1 Å². The Hall–Kier alpha value is -3.26. The van der Waals surface area contributed by atoms with Crippen molar-refractivity contribution in [3.05, 3.63) is 81.6 Å². The number of nitrogens with zero attached hydrogens (tertiary/aromatic N) is 3. The highest BCUT2D eigenvalue weighted by Crippen LogP contribution is 2.23. The molecule has 3 aromatic rings. The molecule has 1 aromatic heterocycles. The van der Waals surface area contributed by atoms with Crippen molar-refractivity contribution >= 4 is 33.7 Å². The zero-order chi connectivity index (χ0) is 19.8. The Balaban J connectivity index is 1.49. The van der Waals surface area contributed by atoms with Crippen molar-refractivity contribution in [2.45, 2.75) is 6.92 Å². The number of imide groups is 1. The van der Waals surface area contributed by atoms with E-state index in [-0.39, 0.29) is 5.56 Å². The highest BCUT2D eigenvalue weighted by Gasteiger charge is 2.36. The molecule has 0 aliphatic carbocycles. The van der Waals surface area contributed by atoms with Crippen LogP contribution in [0.15, 0.2) is 59.2 Å². The Morgan fingerprint density at radius 3 is 2.25 bits per heavy atom. The molecule has 0 fully saturated rings. The second-order valence-corrected chi connectivity index (χ2v) is 7.09. The Bertz CT molecular complexity index is 1070. The average molecular weight is 440 g/mol. The minimum atomic E-state index is -0.655. The van der Waals surface area contributed by atoms with Crippen LogP contribution in [0.1, 0.15) is 36.8 Å². The van der Waals surface area contributed by atoms with Gasteiger partial charge in [-0.05, 0) is 43.3 Å². The van der Waals surface area contributed by atoms with Gasteiger partial charge in [-0.25, -0.2) is 14.4 Å². The number of fused-ring (bicyclic) bond motifs is 1. The fourth-order valence-electron chi connectivity index (χ4n) is 3.01. The molecule has 0 saturated carbocycles. The quantitative estimate of drug-likeness (QED) is 0.459. The first-order chi connectivity index (χ1) is 13.5. The molecule has 4 rings (SSSR count). The van der Waals surface area contributed by atoms with Crippen molar-refractivity contribution in [1.82, 2.24) is 14.7 Å². The molecule has 0 spiro atoms. The molecule has 0 saturated heterocycles. The van der Waals surface area contributed by atoms with E-state index < -0.39 is 24.5 Å². The summed E-state index contributed by atoms with van der Waals surface area (Å²) in [7, 11) is 0. The lowest BCUT2D eigenvalue weighted by Crippen LogP contribution is -2.33. The molecule has 2 aromatic carbocycles. The number of hydrogen-bond acceptors (Lipinski definition) is 5. The van der Waals surface area contributed by atoms with E-state index >= 15 is 0 Å². The van der Waals surface area contributed by atoms with E-state index in [2.05, 4.69) is 21.0 Å². The summed E-state index contributed by atoms with van der Waals surface area (Å²) in [5.74, 6) is -1.61. The van der Waals surface area contributed by atoms with Crippen molar-refractivity contribution in [2.75, 3.05) is 6.73 Å². The largest absolute Gasteiger partial charge is 0.440 e. The Kier molecular flexibility index (Phi) is 4.56. The number of carbonyl (C=O) groups is 3. The molecule has 1 aliphatic rings. The highest BCUT2D eigenvalue weighted by atomic mass is 79.9. The molecule has 8 heteroatoms. The van der Waals surface area contributed by atoms with Crippen LogP contribution in [0.5, 0.6) is 0 Å². The molecule has 28 heavy (non-hydrogen) atoms.